The van der Waals surface area contributed by atoms with E-state index in [2.05, 4.69) is 5.32 Å². The molecule has 0 radical (unpaired) electrons. The van der Waals surface area contributed by atoms with Gasteiger partial charge in [-0.25, -0.2) is 0 Å². The van der Waals surface area contributed by atoms with Crippen LogP contribution in [0, 0.1) is 0 Å². The van der Waals surface area contributed by atoms with E-state index in [1.807, 2.05) is 6.26 Å². The maximum Gasteiger partial charge on any atom is 0.328 e. The molecule has 0 amide bonds. The van der Waals surface area contributed by atoms with Crippen LogP contribution >= 0.6 is 11.8 Å². The van der Waals surface area contributed by atoms with E-state index in [1.54, 1.807) is 36.0 Å². The predicted molar refractivity (Wildman–Crippen MR) is 63.0 cm³/mol. The zero-order valence-corrected chi connectivity index (χ0v) is 9.88. The summed E-state index contributed by atoms with van der Waals surface area (Å²) in [5, 5.41) is 11.3. The van der Waals surface area contributed by atoms with Crippen molar-refractivity contribution >= 4 is 23.5 Å². The third-order valence-electron chi connectivity index (χ3n) is 2.17. The minimum absolute atomic E-state index is 0.402. The third kappa shape index (κ3) is 2.84. The first-order valence-electron chi connectivity index (χ1n) is 4.68. The zero-order chi connectivity index (χ0) is 12.1. The summed E-state index contributed by atoms with van der Waals surface area (Å²) in [7, 11) is 1.45. The topological polar surface area (TPSA) is 66.4 Å². The Bertz CT molecular complexity index is 389. The Morgan fingerprint density at radius 3 is 2.25 bits per heavy atom. The van der Waals surface area contributed by atoms with Gasteiger partial charge in [-0.1, -0.05) is 12.1 Å². The Hall–Kier alpha value is -1.33. The molecule has 0 fully saturated rings. The van der Waals surface area contributed by atoms with Crippen molar-refractivity contribution in [2.24, 2.45) is 0 Å². The van der Waals surface area contributed by atoms with Crippen molar-refractivity contribution in [1.82, 2.24) is 5.32 Å². The monoisotopic (exact) mass is 239 g/mol. The van der Waals surface area contributed by atoms with Gasteiger partial charge in [0, 0.05) is 10.5 Å². The molecule has 0 spiro atoms. The molecule has 1 rings (SSSR count). The van der Waals surface area contributed by atoms with Gasteiger partial charge in [-0.2, -0.15) is 0 Å². The van der Waals surface area contributed by atoms with Crippen molar-refractivity contribution in [3.8, 4) is 0 Å². The van der Waals surface area contributed by atoms with Crippen LogP contribution in [0.3, 0.4) is 0 Å². The van der Waals surface area contributed by atoms with E-state index in [0.717, 1.165) is 4.90 Å². The fraction of sp³-hybridized carbons (Fsp3) is 0.273. The largest absolute Gasteiger partial charge is 0.480 e. The summed E-state index contributed by atoms with van der Waals surface area (Å²) in [6, 6.07) is 5.70. The van der Waals surface area contributed by atoms with Crippen LogP contribution in [0.4, 0.5) is 0 Å². The van der Waals surface area contributed by atoms with Crippen molar-refractivity contribution in [3.63, 3.8) is 0 Å². The second-order valence-corrected chi connectivity index (χ2v) is 4.03. The molecule has 0 aliphatic rings. The Morgan fingerprint density at radius 2 is 1.88 bits per heavy atom. The van der Waals surface area contributed by atoms with Crippen molar-refractivity contribution in [2.45, 2.75) is 10.9 Å². The molecule has 0 aliphatic heterocycles. The molecule has 5 heteroatoms. The number of ketones is 1. The zero-order valence-electron chi connectivity index (χ0n) is 9.06. The number of likely N-dealkylation sites (N-methyl/N-ethyl adjacent to an activating group) is 1. The molecule has 0 aliphatic carbocycles. The van der Waals surface area contributed by atoms with Gasteiger partial charge < -0.3 is 10.4 Å². The first-order chi connectivity index (χ1) is 7.60. The van der Waals surface area contributed by atoms with Crippen LogP contribution in [-0.4, -0.2) is 36.2 Å². The second kappa shape index (κ2) is 5.67. The molecule has 0 saturated carbocycles. The highest BCUT2D eigenvalue weighted by atomic mass is 32.2. The van der Waals surface area contributed by atoms with Gasteiger partial charge in [0.15, 0.2) is 11.8 Å². The Balaban J connectivity index is 2.91. The van der Waals surface area contributed by atoms with Crippen molar-refractivity contribution in [2.75, 3.05) is 13.3 Å². The normalized spacial score (nSPS) is 12.1. The molecular formula is C11H13NO3S. The van der Waals surface area contributed by atoms with Crippen molar-refractivity contribution in [3.05, 3.63) is 29.8 Å². The van der Waals surface area contributed by atoms with Gasteiger partial charge in [0.2, 0.25) is 0 Å². The number of Topliss-reactive ketones (excluding diaryl/α,β-unsaturated/α-hetero) is 1. The van der Waals surface area contributed by atoms with Gasteiger partial charge in [-0.3, -0.25) is 9.59 Å². The molecule has 0 saturated heterocycles. The highest BCUT2D eigenvalue weighted by molar-refractivity contribution is 7.98. The van der Waals surface area contributed by atoms with E-state index in [9.17, 15) is 9.59 Å². The molecule has 0 bridgehead atoms. The van der Waals surface area contributed by atoms with Gasteiger partial charge >= 0.3 is 5.97 Å². The number of hydrogen-bond acceptors (Lipinski definition) is 4. The first-order valence-corrected chi connectivity index (χ1v) is 5.91. The van der Waals surface area contributed by atoms with E-state index < -0.39 is 17.8 Å². The van der Waals surface area contributed by atoms with Crippen molar-refractivity contribution < 1.29 is 14.7 Å². The van der Waals surface area contributed by atoms with Gasteiger partial charge in [0.25, 0.3) is 0 Å². The summed E-state index contributed by atoms with van der Waals surface area (Å²) in [5.41, 5.74) is 0.402. The lowest BCUT2D eigenvalue weighted by molar-refractivity contribution is -0.137. The van der Waals surface area contributed by atoms with Crippen LogP contribution in [-0.2, 0) is 4.79 Å². The molecule has 1 aromatic carbocycles. The molecule has 0 aromatic heterocycles. The molecule has 86 valence electrons. The fourth-order valence-corrected chi connectivity index (χ4v) is 1.70. The quantitative estimate of drug-likeness (QED) is 0.460. The van der Waals surface area contributed by atoms with Gasteiger partial charge in [0.1, 0.15) is 0 Å². The molecule has 1 unspecified atom stereocenters. The lowest BCUT2D eigenvalue weighted by Gasteiger charge is -2.09. The summed E-state index contributed by atoms with van der Waals surface area (Å²) >= 11 is 1.57. The van der Waals surface area contributed by atoms with Gasteiger partial charge in [0.05, 0.1) is 0 Å². The number of thioether (sulfide) groups is 1. The minimum Gasteiger partial charge on any atom is -0.480 e. The number of nitrogens with one attached hydrogen (secondary N) is 1. The number of benzene rings is 1. The van der Waals surface area contributed by atoms with E-state index in [0.29, 0.717) is 5.56 Å². The molecule has 1 aromatic rings. The third-order valence-corrected chi connectivity index (χ3v) is 2.92. The number of rotatable bonds is 5. The summed E-state index contributed by atoms with van der Waals surface area (Å²) < 4.78 is 0. The Morgan fingerprint density at radius 1 is 1.31 bits per heavy atom. The highest BCUT2D eigenvalue weighted by Crippen LogP contribution is 2.15. The minimum atomic E-state index is -1.18. The number of carboxylic acid groups (broad SMARTS) is 1. The van der Waals surface area contributed by atoms with E-state index in [1.165, 1.54) is 7.05 Å². The Labute approximate surface area is 98.0 Å². The number of carbonyl (C=O) groups excluding carboxylic acids is 1. The van der Waals surface area contributed by atoms with Crippen LogP contribution in [0.25, 0.3) is 0 Å². The SMILES string of the molecule is CNC(C(=O)O)C(=O)c1ccc(SC)cc1. The fourth-order valence-electron chi connectivity index (χ4n) is 1.29. The molecule has 0 heterocycles. The van der Waals surface area contributed by atoms with Gasteiger partial charge in [-0.15, -0.1) is 11.8 Å². The number of aliphatic carboxylic acids is 1. The average molecular weight is 239 g/mol. The number of carboxylic acids is 1. The molecular weight excluding hydrogens is 226 g/mol. The maximum atomic E-state index is 11.8. The predicted octanol–water partition coefficient (Wildman–Crippen LogP) is 1.26. The van der Waals surface area contributed by atoms with Gasteiger partial charge in [-0.05, 0) is 25.4 Å². The van der Waals surface area contributed by atoms with Crippen LogP contribution < -0.4 is 5.32 Å². The average Bonchev–Trinajstić information content (AvgIpc) is 2.29. The highest BCUT2D eigenvalue weighted by Gasteiger charge is 2.24. The smallest absolute Gasteiger partial charge is 0.328 e. The molecule has 2 N–H and O–H groups in total. The number of hydrogen-bond donors (Lipinski definition) is 2. The summed E-state index contributed by atoms with van der Waals surface area (Å²) in [6.07, 6.45) is 1.93. The Kier molecular flexibility index (Phi) is 4.52. The molecule has 1 atom stereocenters. The standard InChI is InChI=1S/C11H13NO3S/c1-12-9(11(14)15)10(13)7-3-5-8(16-2)6-4-7/h3-6,9,12H,1-2H3,(H,14,15). The van der Waals surface area contributed by atoms with E-state index in [4.69, 9.17) is 5.11 Å². The lowest BCUT2D eigenvalue weighted by Crippen LogP contribution is -2.41. The van der Waals surface area contributed by atoms with Crippen LogP contribution in [0.2, 0.25) is 0 Å². The van der Waals surface area contributed by atoms with E-state index >= 15 is 0 Å². The first kappa shape index (κ1) is 12.7. The number of carbonyl (C=O) groups is 2. The van der Waals surface area contributed by atoms with Crippen LogP contribution in [0.15, 0.2) is 29.2 Å². The van der Waals surface area contributed by atoms with Crippen molar-refractivity contribution in [1.29, 1.82) is 0 Å². The molecule has 4 nitrogen and oxygen atoms in total. The lowest BCUT2D eigenvalue weighted by atomic mass is 10.0. The summed E-state index contributed by atoms with van der Waals surface area (Å²) in [4.78, 5) is 23.6. The van der Waals surface area contributed by atoms with Crippen LogP contribution in [0.1, 0.15) is 10.4 Å². The summed E-state index contributed by atoms with van der Waals surface area (Å²) in [6.45, 7) is 0. The second-order valence-electron chi connectivity index (χ2n) is 3.15. The van der Waals surface area contributed by atoms with Crippen LogP contribution in [0.5, 0.6) is 0 Å². The van der Waals surface area contributed by atoms with E-state index in [-0.39, 0.29) is 0 Å². The maximum absolute atomic E-state index is 11.8. The summed E-state index contributed by atoms with van der Waals surface area (Å²) in [5.74, 6) is -1.59. The molecule has 16 heavy (non-hydrogen) atoms.